The molecule has 0 aliphatic carbocycles. The van der Waals surface area contributed by atoms with Crippen LogP contribution in [0.5, 0.6) is 0 Å². The topological polar surface area (TPSA) is 135 Å². The number of anilines is 1. The Hall–Kier alpha value is -2.60. The molecule has 9 nitrogen and oxygen atoms in total. The lowest BCUT2D eigenvalue weighted by molar-refractivity contribution is -0.122. The Bertz CT molecular complexity index is 1220. The number of amides is 2. The standard InChI is InChI=1S/C20H23N3O6S2/c1-20(2,3)23(31(28,29)16-7-5-4-6-8-16)17-13-18(24)22(19(17)25)14-9-11-15(12-10-14)30(21,26)27/h4-12,17H,13H2,1-3H3,(H2,21,26,27). The minimum absolute atomic E-state index is 0.0149. The van der Waals surface area contributed by atoms with Gasteiger partial charge in [0.1, 0.15) is 6.04 Å². The Kier molecular flexibility index (Phi) is 5.82. The van der Waals surface area contributed by atoms with Gasteiger partial charge in [0.25, 0.3) is 5.91 Å². The molecule has 31 heavy (non-hydrogen) atoms. The van der Waals surface area contributed by atoms with E-state index in [2.05, 4.69) is 0 Å². The monoisotopic (exact) mass is 465 g/mol. The number of imide groups is 1. The summed E-state index contributed by atoms with van der Waals surface area (Å²) in [6.45, 7) is 4.94. The second kappa shape index (κ2) is 7.83. The van der Waals surface area contributed by atoms with Crippen molar-refractivity contribution in [1.29, 1.82) is 0 Å². The van der Waals surface area contributed by atoms with Crippen LogP contribution in [0.4, 0.5) is 5.69 Å². The second-order valence-electron chi connectivity index (χ2n) is 8.11. The summed E-state index contributed by atoms with van der Waals surface area (Å²) in [5.74, 6) is -1.29. The molecular weight excluding hydrogens is 442 g/mol. The number of carbonyl (C=O) groups excluding carboxylic acids is 2. The van der Waals surface area contributed by atoms with Crippen molar-refractivity contribution in [3.8, 4) is 0 Å². The van der Waals surface area contributed by atoms with Gasteiger partial charge in [0.2, 0.25) is 26.0 Å². The first kappa shape index (κ1) is 23.1. The molecule has 11 heteroatoms. The van der Waals surface area contributed by atoms with E-state index in [1.165, 1.54) is 36.4 Å². The van der Waals surface area contributed by atoms with Crippen LogP contribution < -0.4 is 10.0 Å². The van der Waals surface area contributed by atoms with Crippen LogP contribution in [-0.4, -0.2) is 44.5 Å². The molecule has 3 rings (SSSR count). The summed E-state index contributed by atoms with van der Waals surface area (Å²) in [4.78, 5) is 26.6. The average molecular weight is 466 g/mol. The summed E-state index contributed by atoms with van der Waals surface area (Å²) in [5.41, 5.74) is -0.862. The number of benzene rings is 2. The van der Waals surface area contributed by atoms with Crippen molar-refractivity contribution in [2.75, 3.05) is 4.90 Å². The molecule has 1 atom stereocenters. The number of sulfonamides is 2. The van der Waals surface area contributed by atoms with E-state index in [1.54, 1.807) is 39.0 Å². The SMILES string of the molecule is CC(C)(C)N(C1CC(=O)N(c2ccc(S(N)(=O)=O)cc2)C1=O)S(=O)(=O)c1ccccc1. The van der Waals surface area contributed by atoms with Crippen LogP contribution in [0.25, 0.3) is 0 Å². The number of primary sulfonamides is 1. The van der Waals surface area contributed by atoms with Gasteiger partial charge >= 0.3 is 0 Å². The van der Waals surface area contributed by atoms with Gasteiger partial charge in [-0.15, -0.1) is 0 Å². The highest BCUT2D eigenvalue weighted by Crippen LogP contribution is 2.34. The number of nitrogens with two attached hydrogens (primary N) is 1. The van der Waals surface area contributed by atoms with Gasteiger partial charge in [-0.1, -0.05) is 18.2 Å². The first-order chi connectivity index (χ1) is 14.2. The van der Waals surface area contributed by atoms with Gasteiger partial charge in [0.15, 0.2) is 0 Å². The molecule has 1 fully saturated rings. The Labute approximate surface area is 181 Å². The lowest BCUT2D eigenvalue weighted by Gasteiger charge is -2.37. The molecule has 1 saturated heterocycles. The van der Waals surface area contributed by atoms with Gasteiger partial charge < -0.3 is 0 Å². The minimum atomic E-state index is -4.09. The molecule has 166 valence electrons. The zero-order valence-corrected chi connectivity index (χ0v) is 18.9. The van der Waals surface area contributed by atoms with E-state index in [0.717, 1.165) is 9.21 Å². The van der Waals surface area contributed by atoms with Crippen molar-refractivity contribution in [3.05, 3.63) is 54.6 Å². The third-order valence-corrected chi connectivity index (χ3v) is 7.91. The highest BCUT2D eigenvalue weighted by atomic mass is 32.2. The Morgan fingerprint density at radius 3 is 1.94 bits per heavy atom. The third kappa shape index (κ3) is 4.40. The quantitative estimate of drug-likeness (QED) is 0.664. The molecule has 2 amide bonds. The van der Waals surface area contributed by atoms with Crippen molar-refractivity contribution < 1.29 is 26.4 Å². The smallest absolute Gasteiger partial charge is 0.252 e. The molecule has 2 aromatic carbocycles. The van der Waals surface area contributed by atoms with Crippen LogP contribution >= 0.6 is 0 Å². The molecule has 0 radical (unpaired) electrons. The van der Waals surface area contributed by atoms with Crippen LogP contribution in [0.3, 0.4) is 0 Å². The molecule has 0 bridgehead atoms. The Morgan fingerprint density at radius 1 is 0.903 bits per heavy atom. The van der Waals surface area contributed by atoms with Crippen molar-refractivity contribution in [2.24, 2.45) is 5.14 Å². The number of rotatable bonds is 5. The van der Waals surface area contributed by atoms with E-state index < -0.39 is 43.4 Å². The van der Waals surface area contributed by atoms with Crippen molar-refractivity contribution in [3.63, 3.8) is 0 Å². The zero-order chi connectivity index (χ0) is 23.2. The fourth-order valence-corrected chi connectivity index (χ4v) is 6.02. The largest absolute Gasteiger partial charge is 0.274 e. The fraction of sp³-hybridized carbons (Fsp3) is 0.300. The Morgan fingerprint density at radius 2 is 1.45 bits per heavy atom. The van der Waals surface area contributed by atoms with Crippen LogP contribution in [0, 0.1) is 0 Å². The molecule has 2 aromatic rings. The number of hydrogen-bond donors (Lipinski definition) is 1. The van der Waals surface area contributed by atoms with Crippen LogP contribution in [0.15, 0.2) is 64.4 Å². The first-order valence-corrected chi connectivity index (χ1v) is 12.3. The molecule has 1 heterocycles. The normalized spacial score (nSPS) is 18.1. The predicted molar refractivity (Wildman–Crippen MR) is 114 cm³/mol. The van der Waals surface area contributed by atoms with Gasteiger partial charge in [0, 0.05) is 5.54 Å². The maximum Gasteiger partial charge on any atom is 0.252 e. The minimum Gasteiger partial charge on any atom is -0.274 e. The van der Waals surface area contributed by atoms with Crippen LogP contribution in [0.2, 0.25) is 0 Å². The molecule has 1 aliphatic heterocycles. The average Bonchev–Trinajstić information content (AvgIpc) is 2.94. The van der Waals surface area contributed by atoms with Gasteiger partial charge in [-0.3, -0.25) is 9.59 Å². The highest BCUT2D eigenvalue weighted by molar-refractivity contribution is 7.89. The lowest BCUT2D eigenvalue weighted by Crippen LogP contribution is -2.54. The third-order valence-electron chi connectivity index (χ3n) is 4.79. The summed E-state index contributed by atoms with van der Waals surface area (Å²) in [7, 11) is -8.03. The fourth-order valence-electron chi connectivity index (χ4n) is 3.56. The number of carbonyl (C=O) groups is 2. The van der Waals surface area contributed by atoms with E-state index in [-0.39, 0.29) is 21.9 Å². The molecular formula is C20H23N3O6S2. The van der Waals surface area contributed by atoms with E-state index in [0.29, 0.717) is 0 Å². The number of nitrogens with zero attached hydrogens (tertiary/aromatic N) is 2. The summed E-state index contributed by atoms with van der Waals surface area (Å²) in [5, 5.41) is 5.08. The van der Waals surface area contributed by atoms with Crippen molar-refractivity contribution in [1.82, 2.24) is 4.31 Å². The highest BCUT2D eigenvalue weighted by Gasteiger charge is 2.50. The van der Waals surface area contributed by atoms with Crippen molar-refractivity contribution >= 4 is 37.5 Å². The Balaban J connectivity index is 2.02. The first-order valence-electron chi connectivity index (χ1n) is 9.34. The maximum atomic E-state index is 13.4. The van der Waals surface area contributed by atoms with E-state index >= 15 is 0 Å². The van der Waals surface area contributed by atoms with Gasteiger partial charge in [-0.2, -0.15) is 4.31 Å². The molecule has 2 N–H and O–H groups in total. The molecule has 0 aromatic heterocycles. The van der Waals surface area contributed by atoms with E-state index in [1.807, 2.05) is 0 Å². The predicted octanol–water partition coefficient (Wildman–Crippen LogP) is 1.46. The maximum absolute atomic E-state index is 13.4. The summed E-state index contributed by atoms with van der Waals surface area (Å²) in [6, 6.07) is 11.4. The van der Waals surface area contributed by atoms with Gasteiger partial charge in [-0.05, 0) is 57.2 Å². The van der Waals surface area contributed by atoms with E-state index in [9.17, 15) is 26.4 Å². The van der Waals surface area contributed by atoms with Gasteiger partial charge in [0.05, 0.1) is 21.9 Å². The molecule has 0 saturated carbocycles. The lowest BCUT2D eigenvalue weighted by atomic mass is 10.1. The zero-order valence-electron chi connectivity index (χ0n) is 17.2. The van der Waals surface area contributed by atoms with E-state index in [4.69, 9.17) is 5.14 Å². The second-order valence-corrected chi connectivity index (χ2v) is 11.5. The molecule has 1 aliphatic rings. The summed E-state index contributed by atoms with van der Waals surface area (Å²) < 4.78 is 50.7. The van der Waals surface area contributed by atoms with Gasteiger partial charge in [-0.25, -0.2) is 26.9 Å². The molecule has 0 spiro atoms. The number of hydrogen-bond acceptors (Lipinski definition) is 6. The van der Waals surface area contributed by atoms with Crippen LogP contribution in [0.1, 0.15) is 27.2 Å². The van der Waals surface area contributed by atoms with Crippen LogP contribution in [-0.2, 0) is 29.6 Å². The summed E-state index contributed by atoms with van der Waals surface area (Å²) in [6.07, 6.45) is -0.334. The van der Waals surface area contributed by atoms with Crippen molar-refractivity contribution in [2.45, 2.75) is 48.6 Å². The summed E-state index contributed by atoms with van der Waals surface area (Å²) >= 11 is 0. The molecule has 1 unspecified atom stereocenters.